The van der Waals surface area contributed by atoms with Gasteiger partial charge in [-0.2, -0.15) is 0 Å². The van der Waals surface area contributed by atoms with Gasteiger partial charge in [-0.05, 0) is 42.9 Å². The Morgan fingerprint density at radius 1 is 0.692 bits per heavy atom. The van der Waals surface area contributed by atoms with Crippen LogP contribution in [0.3, 0.4) is 0 Å². The highest BCUT2D eigenvalue weighted by molar-refractivity contribution is 4.90. The molecule has 0 N–H and O–H groups in total. The summed E-state index contributed by atoms with van der Waals surface area (Å²) in [5, 5.41) is 0. The summed E-state index contributed by atoms with van der Waals surface area (Å²) in [6, 6.07) is 0. The van der Waals surface area contributed by atoms with Crippen LogP contribution in [0.15, 0.2) is 0 Å². The van der Waals surface area contributed by atoms with E-state index in [0.29, 0.717) is 5.41 Å². The molecule has 0 unspecified atom stereocenters. The van der Waals surface area contributed by atoms with E-state index in [1.165, 1.54) is 51.4 Å². The highest BCUT2D eigenvalue weighted by atomic mass is 14.4. The van der Waals surface area contributed by atoms with E-state index in [1.54, 1.807) is 0 Å². The quantitative estimate of drug-likeness (QED) is 0.518. The van der Waals surface area contributed by atoms with Crippen LogP contribution in [0.4, 0.5) is 0 Å². The molecule has 0 amide bonds. The van der Waals surface area contributed by atoms with Gasteiger partial charge in [-0.3, -0.25) is 0 Å². The lowest BCUT2D eigenvalue weighted by Gasteiger charge is -2.47. The van der Waals surface area contributed by atoms with Gasteiger partial charge in [0.1, 0.15) is 0 Å². The maximum absolute atomic E-state index is 2.53. The zero-order valence-electron chi connectivity index (χ0n) is 9.31. The molecule has 2 fully saturated rings. The topological polar surface area (TPSA) is 0 Å². The molecule has 0 nitrogen and oxygen atoms in total. The van der Waals surface area contributed by atoms with Gasteiger partial charge >= 0.3 is 0 Å². The van der Waals surface area contributed by atoms with Crippen molar-refractivity contribution in [1.82, 2.24) is 0 Å². The van der Waals surface area contributed by atoms with E-state index < -0.39 is 0 Å². The van der Waals surface area contributed by atoms with Crippen molar-refractivity contribution in [3.05, 3.63) is 0 Å². The lowest BCUT2D eigenvalue weighted by molar-refractivity contribution is 0.0360. The van der Waals surface area contributed by atoms with Crippen molar-refractivity contribution >= 4 is 0 Å². The Kier molecular flexibility index (Phi) is 2.67. The van der Waals surface area contributed by atoms with E-state index in [1.807, 2.05) is 0 Å². The number of hydrogen-bond acceptors (Lipinski definition) is 0. The van der Waals surface area contributed by atoms with Crippen LogP contribution in [-0.4, -0.2) is 0 Å². The van der Waals surface area contributed by atoms with Crippen LogP contribution in [-0.2, 0) is 0 Å². The first-order valence-electron chi connectivity index (χ1n) is 6.21. The second-order valence-electron chi connectivity index (χ2n) is 5.78. The average Bonchev–Trinajstić information content (AvgIpc) is 2.11. The monoisotopic (exact) mass is 180 g/mol. The van der Waals surface area contributed by atoms with E-state index in [-0.39, 0.29) is 0 Å². The van der Waals surface area contributed by atoms with Crippen molar-refractivity contribution in [2.75, 3.05) is 0 Å². The Morgan fingerprint density at radius 2 is 1.15 bits per heavy atom. The van der Waals surface area contributed by atoms with Crippen LogP contribution in [0.25, 0.3) is 0 Å². The largest absolute Gasteiger partial charge is 0.0594 e. The highest BCUT2D eigenvalue weighted by Gasteiger charge is 2.39. The molecule has 0 heteroatoms. The van der Waals surface area contributed by atoms with Crippen LogP contribution in [0.1, 0.15) is 65.2 Å². The van der Waals surface area contributed by atoms with Gasteiger partial charge in [0.2, 0.25) is 0 Å². The SMILES string of the molecule is CC1(C)[C@@H]2CCCCC[C@H]1CCC2. The van der Waals surface area contributed by atoms with Crippen molar-refractivity contribution in [3.8, 4) is 0 Å². The molecule has 0 aromatic carbocycles. The fourth-order valence-electron chi connectivity index (χ4n) is 3.68. The van der Waals surface area contributed by atoms with E-state index in [4.69, 9.17) is 0 Å². The maximum Gasteiger partial charge on any atom is -0.0298 e. The zero-order valence-corrected chi connectivity index (χ0v) is 9.31. The summed E-state index contributed by atoms with van der Waals surface area (Å²) < 4.78 is 0. The molecule has 0 heterocycles. The molecule has 0 aromatic rings. The third-order valence-corrected chi connectivity index (χ3v) is 4.81. The summed E-state index contributed by atoms with van der Waals surface area (Å²) in [6.07, 6.45) is 12.1. The second-order valence-corrected chi connectivity index (χ2v) is 5.78. The van der Waals surface area contributed by atoms with Crippen molar-refractivity contribution in [3.63, 3.8) is 0 Å². The van der Waals surface area contributed by atoms with Gasteiger partial charge in [0.25, 0.3) is 0 Å². The standard InChI is InChI=1S/C13H24/c1-13(2)11-7-4-3-5-8-12(13)10-6-9-11/h11-12H,3-10H2,1-2H3/t11-,12+. The Balaban J connectivity index is 2.12. The highest BCUT2D eigenvalue weighted by Crippen LogP contribution is 2.50. The van der Waals surface area contributed by atoms with Crippen molar-refractivity contribution in [2.45, 2.75) is 65.2 Å². The molecule has 76 valence electrons. The van der Waals surface area contributed by atoms with E-state index in [0.717, 1.165) is 11.8 Å². The molecular weight excluding hydrogens is 156 g/mol. The van der Waals surface area contributed by atoms with Gasteiger partial charge in [0.05, 0.1) is 0 Å². The first-order valence-corrected chi connectivity index (χ1v) is 6.21. The Hall–Kier alpha value is 0. The lowest BCUT2D eigenvalue weighted by Crippen LogP contribution is -2.37. The first kappa shape index (κ1) is 9.55. The van der Waals surface area contributed by atoms with E-state index in [2.05, 4.69) is 13.8 Å². The number of fused-ring (bicyclic) bond motifs is 2. The predicted molar refractivity (Wildman–Crippen MR) is 57.7 cm³/mol. The molecule has 2 aliphatic carbocycles. The summed E-state index contributed by atoms with van der Waals surface area (Å²) in [4.78, 5) is 0. The molecular formula is C13H24. The summed E-state index contributed by atoms with van der Waals surface area (Å²) in [5.74, 6) is 2.10. The fraction of sp³-hybridized carbons (Fsp3) is 1.00. The minimum absolute atomic E-state index is 0.665. The van der Waals surface area contributed by atoms with Crippen LogP contribution < -0.4 is 0 Å². The minimum atomic E-state index is 0.665. The van der Waals surface area contributed by atoms with Gasteiger partial charge in [-0.15, -0.1) is 0 Å². The van der Waals surface area contributed by atoms with E-state index in [9.17, 15) is 0 Å². The van der Waals surface area contributed by atoms with Crippen LogP contribution >= 0.6 is 0 Å². The molecule has 0 aliphatic heterocycles. The van der Waals surface area contributed by atoms with Crippen molar-refractivity contribution in [2.24, 2.45) is 17.3 Å². The maximum atomic E-state index is 2.53. The molecule has 2 bridgehead atoms. The lowest BCUT2D eigenvalue weighted by atomic mass is 9.59. The van der Waals surface area contributed by atoms with Gasteiger partial charge in [0.15, 0.2) is 0 Å². The van der Waals surface area contributed by atoms with Gasteiger partial charge in [-0.25, -0.2) is 0 Å². The zero-order chi connectivity index (χ0) is 9.31. The molecule has 0 spiro atoms. The van der Waals surface area contributed by atoms with E-state index >= 15 is 0 Å². The Morgan fingerprint density at radius 3 is 1.69 bits per heavy atom. The first-order chi connectivity index (χ1) is 6.21. The molecule has 0 saturated heterocycles. The fourth-order valence-corrected chi connectivity index (χ4v) is 3.68. The van der Waals surface area contributed by atoms with Crippen molar-refractivity contribution in [1.29, 1.82) is 0 Å². The van der Waals surface area contributed by atoms with Crippen molar-refractivity contribution < 1.29 is 0 Å². The number of rotatable bonds is 0. The summed E-state index contributed by atoms with van der Waals surface area (Å²) in [6.45, 7) is 5.07. The summed E-state index contributed by atoms with van der Waals surface area (Å²) >= 11 is 0. The molecule has 0 aromatic heterocycles. The minimum Gasteiger partial charge on any atom is -0.0594 e. The third-order valence-electron chi connectivity index (χ3n) is 4.81. The summed E-state index contributed by atoms with van der Waals surface area (Å²) in [5.41, 5.74) is 0.665. The van der Waals surface area contributed by atoms with Gasteiger partial charge < -0.3 is 0 Å². The Labute approximate surface area is 83.1 Å². The summed E-state index contributed by atoms with van der Waals surface area (Å²) in [7, 11) is 0. The molecule has 0 radical (unpaired) electrons. The smallest absolute Gasteiger partial charge is 0.0298 e. The average molecular weight is 180 g/mol. The molecule has 2 saturated carbocycles. The van der Waals surface area contributed by atoms with Gasteiger partial charge in [-0.1, -0.05) is 39.5 Å². The normalized spacial score (nSPS) is 39.2. The molecule has 2 rings (SSSR count). The third kappa shape index (κ3) is 1.78. The van der Waals surface area contributed by atoms with Crippen LogP contribution in [0, 0.1) is 17.3 Å². The second kappa shape index (κ2) is 3.63. The van der Waals surface area contributed by atoms with Crippen LogP contribution in [0.2, 0.25) is 0 Å². The molecule has 13 heavy (non-hydrogen) atoms. The number of hydrogen-bond donors (Lipinski definition) is 0. The van der Waals surface area contributed by atoms with Crippen LogP contribution in [0.5, 0.6) is 0 Å². The molecule has 2 atom stereocenters. The Bertz CT molecular complexity index is 153. The van der Waals surface area contributed by atoms with Gasteiger partial charge in [0, 0.05) is 0 Å². The molecule has 2 aliphatic rings. The predicted octanol–water partition coefficient (Wildman–Crippen LogP) is 4.39.